The molecular weight excluding hydrogens is 634 g/mol. The average Bonchev–Trinajstić information content (AvgIpc) is 3.09. The van der Waals surface area contributed by atoms with Crippen LogP contribution in [0.4, 0.5) is 5.69 Å². The molecule has 3 atom stereocenters. The zero-order chi connectivity index (χ0) is 30.4. The van der Waals surface area contributed by atoms with Crippen molar-refractivity contribution in [2.24, 2.45) is 5.92 Å². The number of nitrogens with two attached hydrogens (primary N) is 1. The SMILES string of the molecule is CCCC(CCC)C(=O)OC1C[C@H]2CC[C@@H](C1)[N+]2(C)C.CCCOc1ccc(C(=O)OCCN(CC)CC)cc1N.Cl.[Br-]. The maximum atomic E-state index is 12.4. The highest BCUT2D eigenvalue weighted by molar-refractivity contribution is 5.91. The van der Waals surface area contributed by atoms with Crippen LogP contribution >= 0.6 is 12.4 Å². The summed E-state index contributed by atoms with van der Waals surface area (Å²) < 4.78 is 17.8. The Labute approximate surface area is 278 Å². The van der Waals surface area contributed by atoms with E-state index in [0.29, 0.717) is 42.3 Å². The number of anilines is 1. The molecule has 2 bridgehead atoms. The first-order valence-corrected chi connectivity index (χ1v) is 16.1. The van der Waals surface area contributed by atoms with Crippen LogP contribution in [0.15, 0.2) is 18.2 Å². The topological polar surface area (TPSA) is 91.1 Å². The molecule has 2 heterocycles. The van der Waals surface area contributed by atoms with Crippen molar-refractivity contribution < 1.29 is 45.3 Å². The van der Waals surface area contributed by atoms with Gasteiger partial charge in [-0.2, -0.15) is 0 Å². The summed E-state index contributed by atoms with van der Waals surface area (Å²) in [4.78, 5) is 26.5. The molecule has 0 amide bonds. The summed E-state index contributed by atoms with van der Waals surface area (Å²) in [6.07, 6.45) is 9.94. The van der Waals surface area contributed by atoms with Crippen LogP contribution in [-0.2, 0) is 14.3 Å². The van der Waals surface area contributed by atoms with E-state index >= 15 is 0 Å². The minimum absolute atomic E-state index is 0. The first kappa shape index (κ1) is 41.4. The minimum Gasteiger partial charge on any atom is -1.00 e. The molecule has 250 valence electrons. The largest absolute Gasteiger partial charge is 1.00 e. The van der Waals surface area contributed by atoms with E-state index in [1.54, 1.807) is 18.2 Å². The van der Waals surface area contributed by atoms with Gasteiger partial charge in [-0.05, 0) is 50.6 Å². The minimum atomic E-state index is -0.351. The van der Waals surface area contributed by atoms with Gasteiger partial charge in [-0.15, -0.1) is 12.4 Å². The predicted molar refractivity (Wildman–Crippen MR) is 173 cm³/mol. The Morgan fingerprint density at radius 2 is 1.53 bits per heavy atom. The van der Waals surface area contributed by atoms with Gasteiger partial charge in [-0.25, -0.2) is 4.79 Å². The van der Waals surface area contributed by atoms with Gasteiger partial charge in [0.25, 0.3) is 0 Å². The zero-order valence-electron chi connectivity index (χ0n) is 27.7. The molecule has 0 aliphatic carbocycles. The predicted octanol–water partition coefficient (Wildman–Crippen LogP) is 3.50. The van der Waals surface area contributed by atoms with Gasteiger partial charge >= 0.3 is 11.9 Å². The Morgan fingerprint density at radius 1 is 0.953 bits per heavy atom. The standard InChI is InChI=1S/C17H32NO2.C16H26N2O3.BrH.ClH/c1-5-7-13(8-6-2)17(19)20-16-11-14-9-10-15(12-16)18(14,3)4;1-4-10-20-15-8-7-13(12-14(15)17)16(19)21-11-9-18(5-2)6-3;;/h13-16H,5-12H2,1-4H3;7-8,12H,4-6,9-11,17H2,1-3H3;2*1H/q+1;;;/p-1/t14-,15+,16?;;;. The first-order chi connectivity index (χ1) is 19.6. The number of quaternary nitrogens is 1. The molecule has 0 spiro atoms. The number of fused-ring (bicyclic) bond motifs is 2. The van der Waals surface area contributed by atoms with Gasteiger partial charge in [-0.1, -0.05) is 47.5 Å². The van der Waals surface area contributed by atoms with Crippen LogP contribution < -0.4 is 27.5 Å². The Hall–Kier alpha value is -1.55. The summed E-state index contributed by atoms with van der Waals surface area (Å²) in [5.41, 5.74) is 6.79. The number of ether oxygens (including phenoxy) is 3. The fourth-order valence-corrected chi connectivity index (χ4v) is 6.17. The number of nitrogens with zero attached hydrogens (tertiary/aromatic N) is 2. The van der Waals surface area contributed by atoms with Crippen molar-refractivity contribution >= 4 is 30.0 Å². The van der Waals surface area contributed by atoms with Crippen molar-refractivity contribution in [1.82, 2.24) is 4.90 Å². The van der Waals surface area contributed by atoms with Crippen molar-refractivity contribution in [1.29, 1.82) is 0 Å². The molecule has 3 rings (SSSR count). The summed E-state index contributed by atoms with van der Waals surface area (Å²) in [7, 11) is 4.69. The van der Waals surface area contributed by atoms with Crippen LogP contribution in [0.3, 0.4) is 0 Å². The monoisotopic (exact) mass is 691 g/mol. The number of carbonyl (C=O) groups excluding carboxylic acids is 2. The second kappa shape index (κ2) is 21.2. The van der Waals surface area contributed by atoms with Crippen LogP contribution in [-0.4, -0.2) is 86.5 Å². The molecule has 2 aliphatic rings. The molecule has 1 unspecified atom stereocenters. The van der Waals surface area contributed by atoms with Crippen LogP contribution in [0, 0.1) is 5.92 Å². The fourth-order valence-electron chi connectivity index (χ4n) is 6.17. The number of hydrogen-bond donors (Lipinski definition) is 1. The molecule has 2 aliphatic heterocycles. The molecule has 10 heteroatoms. The molecule has 0 aromatic heterocycles. The third-order valence-electron chi connectivity index (χ3n) is 8.92. The lowest BCUT2D eigenvalue weighted by Gasteiger charge is -2.44. The number of carbonyl (C=O) groups is 2. The van der Waals surface area contributed by atoms with E-state index in [1.165, 1.54) is 12.8 Å². The number of likely N-dealkylation sites (N-methyl/N-ethyl adjacent to an activating group) is 1. The van der Waals surface area contributed by atoms with Gasteiger partial charge < -0.3 is 46.3 Å². The molecule has 1 aromatic rings. The van der Waals surface area contributed by atoms with Gasteiger partial charge in [0.2, 0.25) is 0 Å². The van der Waals surface area contributed by atoms with Crippen LogP contribution in [0.2, 0.25) is 0 Å². The normalized spacial score (nSPS) is 19.9. The smallest absolute Gasteiger partial charge is 0.338 e. The highest BCUT2D eigenvalue weighted by Crippen LogP contribution is 2.40. The highest BCUT2D eigenvalue weighted by atomic mass is 79.9. The highest BCUT2D eigenvalue weighted by Gasteiger charge is 2.50. The lowest BCUT2D eigenvalue weighted by Crippen LogP contribution is -3.00. The van der Waals surface area contributed by atoms with E-state index in [-0.39, 0.29) is 53.3 Å². The van der Waals surface area contributed by atoms with Gasteiger partial charge in [0.15, 0.2) is 0 Å². The van der Waals surface area contributed by atoms with E-state index in [9.17, 15) is 9.59 Å². The number of hydrogen-bond acceptors (Lipinski definition) is 7. The quantitative estimate of drug-likeness (QED) is 0.171. The lowest BCUT2D eigenvalue weighted by atomic mass is 9.96. The van der Waals surface area contributed by atoms with E-state index in [0.717, 1.165) is 69.1 Å². The Kier molecular flexibility index (Phi) is 20.5. The molecule has 2 fully saturated rings. The van der Waals surface area contributed by atoms with Gasteiger partial charge in [0.1, 0.15) is 18.5 Å². The number of esters is 2. The fraction of sp³-hybridized carbons (Fsp3) is 0.758. The second-order valence-corrected chi connectivity index (χ2v) is 12.1. The van der Waals surface area contributed by atoms with Crippen LogP contribution in [0.1, 0.15) is 103 Å². The number of nitrogen functional groups attached to an aromatic ring is 1. The molecule has 2 N–H and O–H groups in total. The van der Waals surface area contributed by atoms with Crippen molar-refractivity contribution in [3.05, 3.63) is 23.8 Å². The van der Waals surface area contributed by atoms with Crippen molar-refractivity contribution in [2.75, 3.05) is 52.7 Å². The van der Waals surface area contributed by atoms with Crippen molar-refractivity contribution in [2.45, 2.75) is 111 Å². The molecule has 0 radical (unpaired) electrons. The summed E-state index contributed by atoms with van der Waals surface area (Å²) in [6.45, 7) is 14.1. The third-order valence-corrected chi connectivity index (χ3v) is 8.92. The Balaban J connectivity index is 0.000000784. The zero-order valence-corrected chi connectivity index (χ0v) is 30.1. The van der Waals surface area contributed by atoms with E-state index in [2.05, 4.69) is 46.7 Å². The van der Waals surface area contributed by atoms with E-state index in [4.69, 9.17) is 19.9 Å². The van der Waals surface area contributed by atoms with Crippen molar-refractivity contribution in [3.63, 3.8) is 0 Å². The number of halogens is 2. The molecule has 2 saturated heterocycles. The molecular formula is C33H59BrClN3O5. The first-order valence-electron chi connectivity index (χ1n) is 16.1. The molecule has 1 aromatic carbocycles. The lowest BCUT2D eigenvalue weighted by molar-refractivity contribution is -0.931. The van der Waals surface area contributed by atoms with Gasteiger partial charge in [0, 0.05) is 32.2 Å². The Bertz CT molecular complexity index is 925. The molecule has 0 saturated carbocycles. The average molecular weight is 693 g/mol. The maximum absolute atomic E-state index is 12.4. The summed E-state index contributed by atoms with van der Waals surface area (Å²) >= 11 is 0. The Morgan fingerprint density at radius 3 is 2.02 bits per heavy atom. The van der Waals surface area contributed by atoms with Gasteiger partial charge in [0.05, 0.1) is 50.0 Å². The maximum Gasteiger partial charge on any atom is 0.338 e. The number of piperidine rings is 1. The number of rotatable bonds is 15. The van der Waals surface area contributed by atoms with E-state index in [1.807, 2.05) is 6.92 Å². The summed E-state index contributed by atoms with van der Waals surface area (Å²) in [5.74, 6) is 0.463. The summed E-state index contributed by atoms with van der Waals surface area (Å²) in [6, 6.07) is 6.39. The van der Waals surface area contributed by atoms with Crippen LogP contribution in [0.5, 0.6) is 5.75 Å². The third kappa shape index (κ3) is 12.8. The van der Waals surface area contributed by atoms with Crippen molar-refractivity contribution in [3.8, 4) is 5.75 Å². The van der Waals surface area contributed by atoms with Crippen LogP contribution in [0.25, 0.3) is 0 Å². The number of benzene rings is 1. The summed E-state index contributed by atoms with van der Waals surface area (Å²) in [5, 5.41) is 0. The van der Waals surface area contributed by atoms with Gasteiger partial charge in [-0.3, -0.25) is 4.79 Å². The second-order valence-electron chi connectivity index (χ2n) is 12.1. The molecule has 8 nitrogen and oxygen atoms in total. The van der Waals surface area contributed by atoms with E-state index < -0.39 is 0 Å². The molecule has 43 heavy (non-hydrogen) atoms.